The summed E-state index contributed by atoms with van der Waals surface area (Å²) in [6.45, 7) is 0. The summed E-state index contributed by atoms with van der Waals surface area (Å²) in [6.07, 6.45) is 3.67. The third kappa shape index (κ3) is 3.34. The number of nitrogens with one attached hydrogen (secondary N) is 1. The van der Waals surface area contributed by atoms with Crippen molar-refractivity contribution in [1.29, 1.82) is 0 Å². The van der Waals surface area contributed by atoms with Gasteiger partial charge in [0.25, 0.3) is 5.91 Å². The van der Waals surface area contributed by atoms with E-state index in [1.165, 1.54) is 7.11 Å². The van der Waals surface area contributed by atoms with Gasteiger partial charge in [0.1, 0.15) is 5.65 Å². The van der Waals surface area contributed by atoms with Crippen LogP contribution in [-0.4, -0.2) is 28.4 Å². The third-order valence-corrected chi connectivity index (χ3v) is 3.86. The molecule has 7 heteroatoms. The normalized spacial score (nSPS) is 10.5. The second kappa shape index (κ2) is 6.37. The molecule has 0 fully saturated rings. The summed E-state index contributed by atoms with van der Waals surface area (Å²) < 4.78 is 7.54. The van der Waals surface area contributed by atoms with Crippen LogP contribution in [0.1, 0.15) is 20.7 Å². The Kier molecular flexibility index (Phi) is 4.28. The molecule has 0 aliphatic heterocycles. The van der Waals surface area contributed by atoms with E-state index >= 15 is 0 Å². The molecule has 1 N–H and O–H groups in total. The van der Waals surface area contributed by atoms with Crippen LogP contribution in [0.5, 0.6) is 0 Å². The molecule has 0 unspecified atom stereocenters. The third-order valence-electron chi connectivity index (χ3n) is 3.22. The van der Waals surface area contributed by atoms with E-state index < -0.39 is 5.97 Å². The molecule has 3 rings (SSSR count). The van der Waals surface area contributed by atoms with Crippen LogP contribution in [0.15, 0.2) is 48.8 Å². The molecule has 3 aromatic rings. The van der Waals surface area contributed by atoms with Crippen LogP contribution in [0.3, 0.4) is 0 Å². The van der Waals surface area contributed by atoms with Crippen LogP contribution in [0.2, 0.25) is 0 Å². The van der Waals surface area contributed by atoms with Gasteiger partial charge in [-0.25, -0.2) is 9.78 Å². The van der Waals surface area contributed by atoms with Gasteiger partial charge in [0, 0.05) is 15.3 Å². The van der Waals surface area contributed by atoms with Crippen molar-refractivity contribution in [2.24, 2.45) is 0 Å². The standard InChI is InChI=1S/C16H12IN3O3/c1-23-16(22)11-4-2-10(3-5-11)15(21)19-13-9-20-8-12(17)6-7-14(20)18-13/h2-9H,1H3,(H,19,21). The lowest BCUT2D eigenvalue weighted by atomic mass is 10.1. The number of aromatic nitrogens is 2. The Morgan fingerprint density at radius 1 is 1.09 bits per heavy atom. The predicted octanol–water partition coefficient (Wildman–Crippen LogP) is 2.98. The van der Waals surface area contributed by atoms with Gasteiger partial charge < -0.3 is 14.5 Å². The van der Waals surface area contributed by atoms with Gasteiger partial charge in [-0.1, -0.05) is 0 Å². The molecule has 0 saturated carbocycles. The molecule has 23 heavy (non-hydrogen) atoms. The van der Waals surface area contributed by atoms with Crippen molar-refractivity contribution in [3.05, 3.63) is 63.5 Å². The molecule has 2 heterocycles. The number of anilines is 1. The minimum atomic E-state index is -0.438. The Morgan fingerprint density at radius 3 is 2.48 bits per heavy atom. The molecule has 0 saturated heterocycles. The van der Waals surface area contributed by atoms with E-state index in [1.54, 1.807) is 30.5 Å². The lowest BCUT2D eigenvalue weighted by Crippen LogP contribution is -2.12. The van der Waals surface area contributed by atoms with E-state index in [1.807, 2.05) is 22.7 Å². The topological polar surface area (TPSA) is 72.7 Å². The maximum atomic E-state index is 12.2. The molecule has 0 radical (unpaired) electrons. The number of methoxy groups -OCH3 is 1. The van der Waals surface area contributed by atoms with Gasteiger partial charge in [0.15, 0.2) is 5.82 Å². The quantitative estimate of drug-likeness (QED) is 0.522. The van der Waals surface area contributed by atoms with Gasteiger partial charge in [-0.05, 0) is 59.0 Å². The summed E-state index contributed by atoms with van der Waals surface area (Å²) in [5.41, 5.74) is 1.58. The van der Waals surface area contributed by atoms with Crippen LogP contribution in [0.4, 0.5) is 5.82 Å². The fourth-order valence-electron chi connectivity index (χ4n) is 2.09. The van der Waals surface area contributed by atoms with E-state index in [0.717, 1.165) is 9.22 Å². The maximum absolute atomic E-state index is 12.2. The molecule has 0 spiro atoms. The monoisotopic (exact) mass is 421 g/mol. The first-order valence-corrected chi connectivity index (χ1v) is 7.78. The number of amides is 1. The molecule has 6 nitrogen and oxygen atoms in total. The van der Waals surface area contributed by atoms with E-state index in [9.17, 15) is 9.59 Å². The number of fused-ring (bicyclic) bond motifs is 1. The van der Waals surface area contributed by atoms with Crippen LogP contribution in [0, 0.1) is 3.57 Å². The second-order valence-corrected chi connectivity index (χ2v) is 6.01. The first kappa shape index (κ1) is 15.5. The van der Waals surface area contributed by atoms with E-state index in [-0.39, 0.29) is 5.91 Å². The first-order chi connectivity index (χ1) is 11.1. The summed E-state index contributed by atoms with van der Waals surface area (Å²) in [5, 5.41) is 2.74. The zero-order valence-corrected chi connectivity index (χ0v) is 14.3. The van der Waals surface area contributed by atoms with Crippen LogP contribution >= 0.6 is 22.6 Å². The van der Waals surface area contributed by atoms with E-state index in [0.29, 0.717) is 16.9 Å². The van der Waals surface area contributed by atoms with Crippen molar-refractivity contribution in [2.75, 3.05) is 12.4 Å². The summed E-state index contributed by atoms with van der Waals surface area (Å²) in [7, 11) is 1.31. The Hall–Kier alpha value is -2.42. The highest BCUT2D eigenvalue weighted by atomic mass is 127. The lowest BCUT2D eigenvalue weighted by molar-refractivity contribution is 0.0600. The maximum Gasteiger partial charge on any atom is 0.337 e. The minimum absolute atomic E-state index is 0.292. The molecule has 2 aromatic heterocycles. The number of nitrogens with zero attached hydrogens (tertiary/aromatic N) is 2. The molecule has 0 aliphatic carbocycles. The van der Waals surface area contributed by atoms with Gasteiger partial charge in [-0.3, -0.25) is 4.79 Å². The van der Waals surface area contributed by atoms with E-state index in [4.69, 9.17) is 0 Å². The summed E-state index contributed by atoms with van der Waals surface area (Å²) in [4.78, 5) is 27.9. The molecule has 0 bridgehead atoms. The summed E-state index contributed by atoms with van der Waals surface area (Å²) in [6, 6.07) is 10.1. The van der Waals surface area contributed by atoms with Gasteiger partial charge >= 0.3 is 5.97 Å². The largest absolute Gasteiger partial charge is 0.465 e. The molecule has 116 valence electrons. The Morgan fingerprint density at radius 2 is 1.78 bits per heavy atom. The van der Waals surface area contributed by atoms with Crippen molar-refractivity contribution in [3.63, 3.8) is 0 Å². The van der Waals surface area contributed by atoms with Crippen LogP contribution < -0.4 is 5.32 Å². The van der Waals surface area contributed by atoms with Gasteiger partial charge in [-0.2, -0.15) is 0 Å². The fourth-order valence-corrected chi connectivity index (χ4v) is 2.57. The minimum Gasteiger partial charge on any atom is -0.465 e. The molecule has 0 aliphatic rings. The number of ether oxygens (including phenoxy) is 1. The number of hydrogen-bond donors (Lipinski definition) is 1. The van der Waals surface area contributed by atoms with E-state index in [2.05, 4.69) is 37.6 Å². The number of carbonyl (C=O) groups is 2. The van der Waals surface area contributed by atoms with Gasteiger partial charge in [0.05, 0.1) is 18.9 Å². The number of rotatable bonds is 3. The van der Waals surface area contributed by atoms with Gasteiger partial charge in [-0.15, -0.1) is 0 Å². The number of pyridine rings is 1. The number of benzene rings is 1. The highest BCUT2D eigenvalue weighted by molar-refractivity contribution is 14.1. The average Bonchev–Trinajstić information content (AvgIpc) is 2.95. The van der Waals surface area contributed by atoms with Gasteiger partial charge in [0.2, 0.25) is 0 Å². The van der Waals surface area contributed by atoms with Crippen molar-refractivity contribution < 1.29 is 14.3 Å². The SMILES string of the molecule is COC(=O)c1ccc(C(=O)Nc2cn3cc(I)ccc3n2)cc1. The van der Waals surface area contributed by atoms with Crippen molar-refractivity contribution in [2.45, 2.75) is 0 Å². The average molecular weight is 421 g/mol. The molecule has 0 atom stereocenters. The van der Waals surface area contributed by atoms with Crippen molar-refractivity contribution >= 4 is 45.9 Å². The fraction of sp³-hybridized carbons (Fsp3) is 0.0625. The molecule has 1 amide bonds. The zero-order chi connectivity index (χ0) is 16.4. The first-order valence-electron chi connectivity index (χ1n) is 6.71. The number of hydrogen-bond acceptors (Lipinski definition) is 4. The molecule has 1 aromatic carbocycles. The Balaban J connectivity index is 1.78. The number of esters is 1. The summed E-state index contributed by atoms with van der Waals surface area (Å²) >= 11 is 2.21. The lowest BCUT2D eigenvalue weighted by Gasteiger charge is -2.03. The zero-order valence-electron chi connectivity index (χ0n) is 12.1. The van der Waals surface area contributed by atoms with Crippen molar-refractivity contribution in [1.82, 2.24) is 9.38 Å². The molecular formula is C16H12IN3O3. The van der Waals surface area contributed by atoms with Crippen LogP contribution in [0.25, 0.3) is 5.65 Å². The predicted molar refractivity (Wildman–Crippen MR) is 93.6 cm³/mol. The highest BCUT2D eigenvalue weighted by Crippen LogP contribution is 2.14. The molecular weight excluding hydrogens is 409 g/mol. The number of halogens is 1. The number of imidazole rings is 1. The Bertz CT molecular complexity index is 887. The second-order valence-electron chi connectivity index (χ2n) is 4.76. The highest BCUT2D eigenvalue weighted by Gasteiger charge is 2.11. The van der Waals surface area contributed by atoms with Crippen molar-refractivity contribution in [3.8, 4) is 0 Å². The smallest absolute Gasteiger partial charge is 0.337 e. The van der Waals surface area contributed by atoms with Crippen LogP contribution in [-0.2, 0) is 4.74 Å². The Labute approximate surface area is 145 Å². The number of carbonyl (C=O) groups excluding carboxylic acids is 2. The summed E-state index contributed by atoms with van der Waals surface area (Å²) in [5.74, 6) is -0.263.